The van der Waals surface area contributed by atoms with Gasteiger partial charge in [0.2, 0.25) is 0 Å². The molecule has 0 amide bonds. The van der Waals surface area contributed by atoms with Crippen LogP contribution in [0.25, 0.3) is 0 Å². The number of hydrogen-bond acceptors (Lipinski definition) is 2. The quantitative estimate of drug-likeness (QED) is 0.782. The molecular formula is C14H9Cl2FO2. The van der Waals surface area contributed by atoms with Gasteiger partial charge in [-0.3, -0.25) is 4.79 Å². The van der Waals surface area contributed by atoms with E-state index in [0.29, 0.717) is 10.6 Å². The molecule has 0 saturated carbocycles. The summed E-state index contributed by atoms with van der Waals surface area (Å²) in [5.74, 6) is -0.900. The fourth-order valence-electron chi connectivity index (χ4n) is 1.48. The summed E-state index contributed by atoms with van der Waals surface area (Å²) in [5, 5.41) is 0.731. The molecule has 0 aromatic heterocycles. The summed E-state index contributed by atoms with van der Waals surface area (Å²) in [6.07, 6.45) is 0. The van der Waals surface area contributed by atoms with E-state index < -0.39 is 5.82 Å². The van der Waals surface area contributed by atoms with E-state index in [1.165, 1.54) is 18.2 Å². The first-order chi connectivity index (χ1) is 9.06. The van der Waals surface area contributed by atoms with Crippen LogP contribution >= 0.6 is 23.2 Å². The zero-order valence-corrected chi connectivity index (χ0v) is 11.2. The van der Waals surface area contributed by atoms with E-state index in [2.05, 4.69) is 0 Å². The van der Waals surface area contributed by atoms with Gasteiger partial charge < -0.3 is 4.74 Å². The molecule has 0 unspecified atom stereocenters. The molecule has 2 rings (SSSR count). The van der Waals surface area contributed by atoms with Crippen LogP contribution in [0.5, 0.6) is 5.75 Å². The first-order valence-corrected chi connectivity index (χ1v) is 6.18. The van der Waals surface area contributed by atoms with Gasteiger partial charge in [0.25, 0.3) is 0 Å². The first kappa shape index (κ1) is 13.8. The van der Waals surface area contributed by atoms with Crippen molar-refractivity contribution < 1.29 is 13.9 Å². The van der Waals surface area contributed by atoms with Gasteiger partial charge >= 0.3 is 0 Å². The van der Waals surface area contributed by atoms with Crippen LogP contribution in [0, 0.1) is 5.82 Å². The topological polar surface area (TPSA) is 26.3 Å². The third-order valence-electron chi connectivity index (χ3n) is 2.40. The van der Waals surface area contributed by atoms with E-state index in [0.717, 1.165) is 6.07 Å². The van der Waals surface area contributed by atoms with Crippen molar-refractivity contribution in [3.05, 3.63) is 63.9 Å². The van der Waals surface area contributed by atoms with Gasteiger partial charge in [-0.05, 0) is 30.3 Å². The molecule has 2 nitrogen and oxygen atoms in total. The highest BCUT2D eigenvalue weighted by Crippen LogP contribution is 2.21. The van der Waals surface area contributed by atoms with Crippen molar-refractivity contribution in [2.75, 3.05) is 6.61 Å². The maximum Gasteiger partial charge on any atom is 0.200 e. The summed E-state index contributed by atoms with van der Waals surface area (Å²) >= 11 is 11.4. The number of ketones is 1. The molecule has 2 aromatic rings. The van der Waals surface area contributed by atoms with Gasteiger partial charge in [0.1, 0.15) is 0 Å². The summed E-state index contributed by atoms with van der Waals surface area (Å²) in [6.45, 7) is -0.265. The summed E-state index contributed by atoms with van der Waals surface area (Å²) < 4.78 is 18.5. The average molecular weight is 299 g/mol. The number of hydrogen-bond donors (Lipinski definition) is 0. The van der Waals surface area contributed by atoms with Gasteiger partial charge in [0.15, 0.2) is 24.0 Å². The maximum atomic E-state index is 13.4. The molecule has 19 heavy (non-hydrogen) atoms. The molecule has 0 heterocycles. The van der Waals surface area contributed by atoms with E-state index in [1.54, 1.807) is 18.2 Å². The summed E-state index contributed by atoms with van der Waals surface area (Å²) in [5.41, 5.74) is 0.418. The van der Waals surface area contributed by atoms with E-state index in [1.807, 2.05) is 0 Å². The highest BCUT2D eigenvalue weighted by Gasteiger charge is 2.10. The van der Waals surface area contributed by atoms with Crippen LogP contribution < -0.4 is 4.74 Å². The van der Waals surface area contributed by atoms with Crippen LogP contribution in [-0.4, -0.2) is 12.4 Å². The number of ether oxygens (including phenoxy) is 1. The minimum atomic E-state index is -0.605. The van der Waals surface area contributed by atoms with Gasteiger partial charge in [-0.25, -0.2) is 4.39 Å². The fraction of sp³-hybridized carbons (Fsp3) is 0.0714. The zero-order chi connectivity index (χ0) is 13.8. The average Bonchev–Trinajstić information content (AvgIpc) is 2.37. The SMILES string of the molecule is O=C(COc1ccc(Cl)cc1F)c1cccc(Cl)c1. The Morgan fingerprint density at radius 3 is 2.53 bits per heavy atom. The molecule has 0 aliphatic carbocycles. The lowest BCUT2D eigenvalue weighted by Crippen LogP contribution is -2.12. The highest BCUT2D eigenvalue weighted by atomic mass is 35.5. The Labute approximate surface area is 119 Å². The van der Waals surface area contributed by atoms with Crippen LogP contribution in [-0.2, 0) is 0 Å². The number of benzene rings is 2. The van der Waals surface area contributed by atoms with E-state index >= 15 is 0 Å². The molecule has 5 heteroatoms. The van der Waals surface area contributed by atoms with Gasteiger partial charge in [0.05, 0.1) is 0 Å². The third-order valence-corrected chi connectivity index (χ3v) is 2.87. The minimum Gasteiger partial charge on any atom is -0.482 e. The van der Waals surface area contributed by atoms with Crippen molar-refractivity contribution in [3.63, 3.8) is 0 Å². The van der Waals surface area contributed by atoms with Gasteiger partial charge in [-0.1, -0.05) is 35.3 Å². The number of rotatable bonds is 4. The molecule has 0 radical (unpaired) electrons. The molecule has 0 aliphatic rings. The van der Waals surface area contributed by atoms with E-state index in [-0.39, 0.29) is 23.2 Å². The van der Waals surface area contributed by atoms with Crippen LogP contribution in [0.15, 0.2) is 42.5 Å². The van der Waals surface area contributed by atoms with Crippen molar-refractivity contribution in [3.8, 4) is 5.75 Å². The Balaban J connectivity index is 2.04. The first-order valence-electron chi connectivity index (χ1n) is 5.43. The van der Waals surface area contributed by atoms with Crippen LogP contribution in [0.2, 0.25) is 10.0 Å². The Bertz CT molecular complexity index is 614. The van der Waals surface area contributed by atoms with Crippen LogP contribution in [0.4, 0.5) is 4.39 Å². The van der Waals surface area contributed by atoms with E-state index in [4.69, 9.17) is 27.9 Å². The molecule has 0 atom stereocenters. The standard InChI is InChI=1S/C14H9Cl2FO2/c15-10-3-1-2-9(6-10)13(18)8-19-14-5-4-11(16)7-12(14)17/h1-7H,8H2. The monoisotopic (exact) mass is 298 g/mol. The smallest absolute Gasteiger partial charge is 0.200 e. The predicted octanol–water partition coefficient (Wildman–Crippen LogP) is 4.39. The van der Waals surface area contributed by atoms with Crippen molar-refractivity contribution in [1.82, 2.24) is 0 Å². The molecule has 0 fully saturated rings. The molecule has 0 N–H and O–H groups in total. The summed E-state index contributed by atoms with van der Waals surface area (Å²) in [4.78, 5) is 11.8. The number of carbonyl (C=O) groups is 1. The largest absolute Gasteiger partial charge is 0.482 e. The molecule has 2 aromatic carbocycles. The second-order valence-corrected chi connectivity index (χ2v) is 4.67. The third kappa shape index (κ3) is 3.69. The second kappa shape index (κ2) is 6.04. The van der Waals surface area contributed by atoms with Gasteiger partial charge in [-0.2, -0.15) is 0 Å². The lowest BCUT2D eigenvalue weighted by atomic mass is 10.1. The van der Waals surface area contributed by atoms with Crippen LogP contribution in [0.1, 0.15) is 10.4 Å². The Morgan fingerprint density at radius 2 is 1.84 bits per heavy atom. The molecule has 0 spiro atoms. The number of Topliss-reactive ketones (excluding diaryl/α,β-unsaturated/α-hetero) is 1. The highest BCUT2D eigenvalue weighted by molar-refractivity contribution is 6.31. The van der Waals surface area contributed by atoms with Crippen molar-refractivity contribution >= 4 is 29.0 Å². The molecular weight excluding hydrogens is 290 g/mol. The Hall–Kier alpha value is -1.58. The zero-order valence-electron chi connectivity index (χ0n) is 9.70. The van der Waals surface area contributed by atoms with Crippen molar-refractivity contribution in [1.29, 1.82) is 0 Å². The molecule has 98 valence electrons. The van der Waals surface area contributed by atoms with Crippen molar-refractivity contribution in [2.24, 2.45) is 0 Å². The van der Waals surface area contributed by atoms with Gasteiger partial charge in [-0.15, -0.1) is 0 Å². The van der Waals surface area contributed by atoms with Crippen LogP contribution in [0.3, 0.4) is 0 Å². The Kier molecular flexibility index (Phi) is 4.40. The van der Waals surface area contributed by atoms with Gasteiger partial charge in [0, 0.05) is 15.6 Å². The van der Waals surface area contributed by atoms with Crippen molar-refractivity contribution in [2.45, 2.75) is 0 Å². The molecule has 0 aliphatic heterocycles. The minimum absolute atomic E-state index is 0.0141. The number of halogens is 3. The lowest BCUT2D eigenvalue weighted by molar-refractivity contribution is 0.0919. The number of carbonyl (C=O) groups excluding carboxylic acids is 1. The Morgan fingerprint density at radius 1 is 1.11 bits per heavy atom. The second-order valence-electron chi connectivity index (χ2n) is 3.80. The lowest BCUT2D eigenvalue weighted by Gasteiger charge is -2.07. The normalized spacial score (nSPS) is 10.3. The summed E-state index contributed by atoms with van der Waals surface area (Å²) in [6, 6.07) is 10.5. The summed E-state index contributed by atoms with van der Waals surface area (Å²) in [7, 11) is 0. The fourth-order valence-corrected chi connectivity index (χ4v) is 1.83. The van der Waals surface area contributed by atoms with E-state index in [9.17, 15) is 9.18 Å². The molecule has 0 bridgehead atoms. The predicted molar refractivity (Wildman–Crippen MR) is 72.7 cm³/mol. The maximum absolute atomic E-state index is 13.4. The molecule has 0 saturated heterocycles.